The lowest BCUT2D eigenvalue weighted by Crippen LogP contribution is -2.36. The van der Waals surface area contributed by atoms with Crippen LogP contribution in [0, 0.1) is 6.92 Å². The van der Waals surface area contributed by atoms with Gasteiger partial charge in [0.15, 0.2) is 0 Å². The van der Waals surface area contributed by atoms with Gasteiger partial charge in [-0.05, 0) is 55.2 Å². The second-order valence-electron chi connectivity index (χ2n) is 6.24. The minimum absolute atomic E-state index is 0.103. The molecule has 0 bridgehead atoms. The van der Waals surface area contributed by atoms with Crippen LogP contribution in [0.15, 0.2) is 42.5 Å². The number of aryl methyl sites for hydroxylation is 1. The Balaban J connectivity index is 1.81. The number of amides is 1. The normalized spacial score (nSPS) is 14.8. The minimum Gasteiger partial charge on any atom is -0.322 e. The third-order valence-electron chi connectivity index (χ3n) is 4.59. The predicted molar refractivity (Wildman–Crippen MR) is 99.1 cm³/mol. The Morgan fingerprint density at radius 3 is 2.64 bits per heavy atom. The topological polar surface area (TPSA) is 66.5 Å². The van der Waals surface area contributed by atoms with Crippen molar-refractivity contribution in [1.29, 1.82) is 0 Å². The third-order valence-corrected chi connectivity index (χ3v) is 6.42. The molecule has 6 heteroatoms. The monoisotopic (exact) mass is 358 g/mol. The van der Waals surface area contributed by atoms with Crippen molar-refractivity contribution < 1.29 is 13.2 Å². The Morgan fingerprint density at radius 2 is 1.92 bits per heavy atom. The summed E-state index contributed by atoms with van der Waals surface area (Å²) in [5, 5.41) is 2.91. The molecule has 1 amide bonds. The summed E-state index contributed by atoms with van der Waals surface area (Å²) in [5.41, 5.74) is 4.32. The van der Waals surface area contributed by atoms with Crippen LogP contribution in [-0.4, -0.2) is 30.9 Å². The number of hydrogen-bond acceptors (Lipinski definition) is 3. The van der Waals surface area contributed by atoms with Crippen molar-refractivity contribution >= 4 is 21.6 Å². The average Bonchev–Trinajstić information content (AvgIpc) is 2.61. The van der Waals surface area contributed by atoms with Gasteiger partial charge in [0.25, 0.3) is 5.91 Å². The zero-order valence-corrected chi connectivity index (χ0v) is 15.3. The Labute approximate surface area is 148 Å². The highest BCUT2D eigenvalue weighted by Gasteiger charge is 2.25. The maximum absolute atomic E-state index is 12.5. The predicted octanol–water partition coefficient (Wildman–Crippen LogP) is 2.96. The van der Waals surface area contributed by atoms with Crippen molar-refractivity contribution in [2.24, 2.45) is 0 Å². The molecular formula is C19H22N2O3S. The number of carbonyl (C=O) groups excluding carboxylic acids is 1. The first-order valence-corrected chi connectivity index (χ1v) is 9.98. The van der Waals surface area contributed by atoms with Crippen LogP contribution in [0.25, 0.3) is 0 Å². The number of rotatable bonds is 4. The molecule has 0 aliphatic carbocycles. The largest absolute Gasteiger partial charge is 0.322 e. The Morgan fingerprint density at radius 1 is 1.16 bits per heavy atom. The Hall–Kier alpha value is -2.18. The molecule has 25 heavy (non-hydrogen) atoms. The van der Waals surface area contributed by atoms with Crippen molar-refractivity contribution in [3.8, 4) is 0 Å². The van der Waals surface area contributed by atoms with Gasteiger partial charge in [-0.15, -0.1) is 0 Å². The van der Waals surface area contributed by atoms with Gasteiger partial charge in [-0.3, -0.25) is 4.79 Å². The van der Waals surface area contributed by atoms with E-state index < -0.39 is 10.0 Å². The van der Waals surface area contributed by atoms with E-state index in [9.17, 15) is 13.2 Å². The number of benzene rings is 2. The molecule has 5 nitrogen and oxygen atoms in total. The first-order chi connectivity index (χ1) is 11.9. The van der Waals surface area contributed by atoms with Crippen LogP contribution in [0.2, 0.25) is 0 Å². The van der Waals surface area contributed by atoms with Crippen molar-refractivity contribution in [3.63, 3.8) is 0 Å². The molecule has 0 saturated heterocycles. The van der Waals surface area contributed by atoms with E-state index in [4.69, 9.17) is 0 Å². The quantitative estimate of drug-likeness (QED) is 0.914. The fraction of sp³-hybridized carbons (Fsp3) is 0.316. The van der Waals surface area contributed by atoms with E-state index >= 15 is 0 Å². The van der Waals surface area contributed by atoms with Gasteiger partial charge in [0.05, 0.1) is 5.75 Å². The van der Waals surface area contributed by atoms with Gasteiger partial charge in [0.2, 0.25) is 10.0 Å². The molecule has 0 fully saturated rings. The second kappa shape index (κ2) is 6.98. The van der Waals surface area contributed by atoms with Crippen LogP contribution in [0.3, 0.4) is 0 Å². The number of anilines is 1. The molecule has 1 aliphatic heterocycles. The molecule has 1 aliphatic rings. The fourth-order valence-corrected chi connectivity index (χ4v) is 4.13. The van der Waals surface area contributed by atoms with Gasteiger partial charge in [-0.1, -0.05) is 24.3 Å². The van der Waals surface area contributed by atoms with Crippen LogP contribution in [-0.2, 0) is 23.0 Å². The summed E-state index contributed by atoms with van der Waals surface area (Å²) >= 11 is 0. The molecule has 132 valence electrons. The van der Waals surface area contributed by atoms with Gasteiger partial charge in [0, 0.05) is 24.3 Å². The summed E-state index contributed by atoms with van der Waals surface area (Å²) in [6.07, 6.45) is 0.695. The number of fused-ring (bicyclic) bond motifs is 1. The summed E-state index contributed by atoms with van der Waals surface area (Å²) in [5.74, 6) is -0.0571. The number of sulfonamides is 1. The summed E-state index contributed by atoms with van der Waals surface area (Å²) in [6.45, 7) is 4.43. The average molecular weight is 358 g/mol. The lowest BCUT2D eigenvalue weighted by Gasteiger charge is -2.28. The summed E-state index contributed by atoms with van der Waals surface area (Å²) < 4.78 is 25.7. The smallest absolute Gasteiger partial charge is 0.255 e. The van der Waals surface area contributed by atoms with E-state index in [1.807, 2.05) is 43.3 Å². The van der Waals surface area contributed by atoms with Crippen LogP contribution >= 0.6 is 0 Å². The van der Waals surface area contributed by atoms with E-state index in [1.165, 1.54) is 4.31 Å². The molecule has 2 aromatic rings. The first-order valence-electron chi connectivity index (χ1n) is 8.37. The molecule has 0 saturated carbocycles. The van der Waals surface area contributed by atoms with Gasteiger partial charge >= 0.3 is 0 Å². The number of hydrogen-bond donors (Lipinski definition) is 1. The Kier molecular flexibility index (Phi) is 4.92. The van der Waals surface area contributed by atoms with Crippen molar-refractivity contribution in [2.75, 3.05) is 17.6 Å². The second-order valence-corrected chi connectivity index (χ2v) is 8.49. The molecule has 0 unspecified atom stereocenters. The molecule has 1 N–H and O–H groups in total. The third kappa shape index (κ3) is 3.75. The zero-order chi connectivity index (χ0) is 18.0. The van der Waals surface area contributed by atoms with E-state index in [0.717, 1.165) is 16.7 Å². The van der Waals surface area contributed by atoms with E-state index in [-0.39, 0.29) is 11.7 Å². The molecule has 0 radical (unpaired) electrons. The van der Waals surface area contributed by atoms with Crippen molar-refractivity contribution in [1.82, 2.24) is 4.31 Å². The lowest BCUT2D eigenvalue weighted by molar-refractivity contribution is 0.102. The lowest BCUT2D eigenvalue weighted by atomic mass is 10.0. The molecule has 0 spiro atoms. The van der Waals surface area contributed by atoms with E-state index in [2.05, 4.69) is 5.32 Å². The van der Waals surface area contributed by atoms with Gasteiger partial charge in [-0.25, -0.2) is 8.42 Å². The number of nitrogens with one attached hydrogen (secondary N) is 1. The molecule has 1 heterocycles. The van der Waals surface area contributed by atoms with Crippen molar-refractivity contribution in [2.45, 2.75) is 26.8 Å². The molecule has 3 rings (SSSR count). The van der Waals surface area contributed by atoms with Gasteiger partial charge in [-0.2, -0.15) is 4.31 Å². The maximum Gasteiger partial charge on any atom is 0.255 e. The zero-order valence-electron chi connectivity index (χ0n) is 14.5. The van der Waals surface area contributed by atoms with Crippen LogP contribution < -0.4 is 5.32 Å². The first kappa shape index (κ1) is 17.6. The standard InChI is InChI=1S/C19H22N2O3S/c1-3-25(23,24)21-11-10-15-8-9-17(12-16(15)13-21)20-19(22)18-7-5-4-6-14(18)2/h4-9,12H,3,10-11,13H2,1-2H3,(H,20,22). The maximum atomic E-state index is 12.5. The van der Waals surface area contributed by atoms with Gasteiger partial charge in [0.1, 0.15) is 0 Å². The van der Waals surface area contributed by atoms with E-state index in [0.29, 0.717) is 30.8 Å². The van der Waals surface area contributed by atoms with Gasteiger partial charge < -0.3 is 5.32 Å². The van der Waals surface area contributed by atoms with Crippen molar-refractivity contribution in [3.05, 3.63) is 64.7 Å². The summed E-state index contributed by atoms with van der Waals surface area (Å²) in [4.78, 5) is 12.5. The minimum atomic E-state index is -3.20. The van der Waals surface area contributed by atoms with Crippen LogP contribution in [0.5, 0.6) is 0 Å². The molecule has 2 aromatic carbocycles. The molecule has 0 aromatic heterocycles. The highest BCUT2D eigenvalue weighted by atomic mass is 32.2. The Bertz CT molecular complexity index is 907. The highest BCUT2D eigenvalue weighted by molar-refractivity contribution is 7.89. The van der Waals surface area contributed by atoms with E-state index in [1.54, 1.807) is 13.0 Å². The molecular weight excluding hydrogens is 336 g/mol. The highest BCUT2D eigenvalue weighted by Crippen LogP contribution is 2.25. The summed E-state index contributed by atoms with van der Waals surface area (Å²) in [6, 6.07) is 13.1. The fourth-order valence-electron chi connectivity index (χ4n) is 3.06. The van der Waals surface area contributed by atoms with Crippen LogP contribution in [0.1, 0.15) is 34.0 Å². The summed E-state index contributed by atoms with van der Waals surface area (Å²) in [7, 11) is -3.20. The number of nitrogens with zero attached hydrogens (tertiary/aromatic N) is 1. The van der Waals surface area contributed by atoms with Crippen LogP contribution in [0.4, 0.5) is 5.69 Å². The SMILES string of the molecule is CCS(=O)(=O)N1CCc2ccc(NC(=O)c3ccccc3C)cc2C1. The molecule has 0 atom stereocenters. The number of carbonyl (C=O) groups is 1.